The topological polar surface area (TPSA) is 84.2 Å². The highest BCUT2D eigenvalue weighted by Gasteiger charge is 2.46. The Kier molecular flexibility index (Phi) is 2.63. The van der Waals surface area contributed by atoms with Gasteiger partial charge in [-0.3, -0.25) is 15.0 Å². The van der Waals surface area contributed by atoms with Crippen LogP contribution < -0.4 is 16.6 Å². The summed E-state index contributed by atoms with van der Waals surface area (Å²) in [5.41, 5.74) is 11.2. The molecule has 0 bridgehead atoms. The zero-order valence-electron chi connectivity index (χ0n) is 9.78. The van der Waals surface area contributed by atoms with Crippen molar-refractivity contribution < 1.29 is 9.59 Å². The van der Waals surface area contributed by atoms with Crippen molar-refractivity contribution >= 4 is 17.4 Å². The summed E-state index contributed by atoms with van der Waals surface area (Å²) in [6.45, 7) is 3.48. The van der Waals surface area contributed by atoms with Crippen LogP contribution in [0.25, 0.3) is 0 Å². The molecule has 0 radical (unpaired) electrons. The van der Waals surface area contributed by atoms with Crippen molar-refractivity contribution in [2.75, 3.05) is 5.73 Å². The van der Waals surface area contributed by atoms with Gasteiger partial charge in [-0.2, -0.15) is 0 Å². The van der Waals surface area contributed by atoms with Gasteiger partial charge in [0.25, 0.3) is 0 Å². The molecule has 2 rings (SSSR count). The van der Waals surface area contributed by atoms with Gasteiger partial charge in [0, 0.05) is 11.3 Å². The van der Waals surface area contributed by atoms with E-state index in [1.165, 1.54) is 0 Å². The van der Waals surface area contributed by atoms with E-state index in [9.17, 15) is 9.59 Å². The number of carbonyl (C=O) groups excluding carboxylic acids is 2. The van der Waals surface area contributed by atoms with Crippen LogP contribution in [0, 0.1) is 5.41 Å². The molecule has 0 saturated carbocycles. The zero-order valence-corrected chi connectivity index (χ0v) is 9.78. The molecule has 1 aromatic rings. The number of amides is 1. The molecule has 0 aliphatic carbocycles. The van der Waals surface area contributed by atoms with Crippen molar-refractivity contribution in [2.45, 2.75) is 19.9 Å². The van der Waals surface area contributed by atoms with Crippen molar-refractivity contribution in [1.29, 1.82) is 0 Å². The van der Waals surface area contributed by atoms with E-state index < -0.39 is 11.5 Å². The quantitative estimate of drug-likeness (QED) is 0.512. The molecule has 1 aromatic carbocycles. The van der Waals surface area contributed by atoms with E-state index in [2.05, 4.69) is 10.9 Å². The lowest BCUT2D eigenvalue weighted by atomic mass is 9.81. The number of nitrogen functional groups attached to an aromatic ring is 1. The van der Waals surface area contributed by atoms with Crippen LogP contribution in [-0.2, 0) is 4.79 Å². The fraction of sp³-hybridized carbons (Fsp3) is 0.333. The molecule has 90 valence electrons. The fourth-order valence-electron chi connectivity index (χ4n) is 1.82. The minimum Gasteiger partial charge on any atom is -0.399 e. The number of nitrogens with one attached hydrogen (secondary N) is 2. The highest BCUT2D eigenvalue weighted by molar-refractivity contribution is 6.05. The van der Waals surface area contributed by atoms with E-state index in [0.717, 1.165) is 0 Å². The summed E-state index contributed by atoms with van der Waals surface area (Å²) in [5, 5.41) is 0. The Morgan fingerprint density at radius 1 is 1.29 bits per heavy atom. The fourth-order valence-corrected chi connectivity index (χ4v) is 1.82. The summed E-state index contributed by atoms with van der Waals surface area (Å²) in [7, 11) is 0. The largest absolute Gasteiger partial charge is 0.399 e. The van der Waals surface area contributed by atoms with E-state index >= 15 is 0 Å². The van der Waals surface area contributed by atoms with Crippen molar-refractivity contribution in [1.82, 2.24) is 10.9 Å². The average molecular weight is 233 g/mol. The average Bonchev–Trinajstić information content (AvgIpc) is 2.54. The number of carbonyl (C=O) groups is 2. The van der Waals surface area contributed by atoms with Crippen molar-refractivity contribution in [3.05, 3.63) is 29.8 Å². The molecule has 0 spiro atoms. The Bertz CT molecular complexity index is 465. The molecule has 0 aromatic heterocycles. The number of anilines is 1. The summed E-state index contributed by atoms with van der Waals surface area (Å²) in [6.07, 6.45) is 0. The van der Waals surface area contributed by atoms with Gasteiger partial charge in [-0.15, -0.1) is 0 Å². The van der Waals surface area contributed by atoms with E-state index in [-0.39, 0.29) is 11.7 Å². The van der Waals surface area contributed by atoms with Crippen molar-refractivity contribution in [3.8, 4) is 0 Å². The number of nitrogens with two attached hydrogens (primary N) is 1. The normalized spacial score (nSPS) is 22.2. The first-order valence-corrected chi connectivity index (χ1v) is 5.38. The molecule has 1 aliphatic heterocycles. The van der Waals surface area contributed by atoms with Gasteiger partial charge >= 0.3 is 0 Å². The van der Waals surface area contributed by atoms with Gasteiger partial charge in [0.05, 0.1) is 5.41 Å². The Balaban J connectivity index is 2.27. The Morgan fingerprint density at radius 2 is 1.88 bits per heavy atom. The Morgan fingerprint density at radius 3 is 2.35 bits per heavy atom. The van der Waals surface area contributed by atoms with Gasteiger partial charge in [-0.05, 0) is 38.1 Å². The minimum atomic E-state index is -0.752. The van der Waals surface area contributed by atoms with Crippen molar-refractivity contribution in [3.63, 3.8) is 0 Å². The molecule has 1 fully saturated rings. The summed E-state index contributed by atoms with van der Waals surface area (Å²) < 4.78 is 0. The predicted molar refractivity (Wildman–Crippen MR) is 64.0 cm³/mol. The maximum absolute atomic E-state index is 12.2. The number of benzene rings is 1. The molecule has 1 amide bonds. The Labute approximate surface area is 99.3 Å². The molecule has 5 nitrogen and oxygen atoms in total. The lowest BCUT2D eigenvalue weighted by Crippen LogP contribution is -2.42. The molecule has 1 aliphatic rings. The molecular formula is C12H15N3O2. The Hall–Kier alpha value is -1.88. The van der Waals surface area contributed by atoms with Crippen molar-refractivity contribution in [2.24, 2.45) is 5.41 Å². The summed E-state index contributed by atoms with van der Waals surface area (Å²) >= 11 is 0. The highest BCUT2D eigenvalue weighted by atomic mass is 16.2. The maximum Gasteiger partial charge on any atom is 0.241 e. The predicted octanol–water partition coefficient (Wildman–Crippen LogP) is 0.481. The van der Waals surface area contributed by atoms with Gasteiger partial charge in [-0.1, -0.05) is 0 Å². The van der Waals surface area contributed by atoms with E-state index in [1.807, 2.05) is 0 Å². The van der Waals surface area contributed by atoms with Crippen LogP contribution in [0.1, 0.15) is 24.2 Å². The number of hydrazine groups is 1. The third kappa shape index (κ3) is 1.89. The lowest BCUT2D eigenvalue weighted by Gasteiger charge is -2.21. The standard InChI is InChI=1S/C12H15N3O2/c1-12(2)10(14-15-11(12)17)9(16)7-3-5-8(13)6-4-7/h3-6,10,14H,13H2,1-2H3,(H,15,17). The van der Waals surface area contributed by atoms with Gasteiger partial charge in [0.15, 0.2) is 5.78 Å². The number of rotatable bonds is 2. The van der Waals surface area contributed by atoms with Gasteiger partial charge in [0.2, 0.25) is 5.91 Å². The van der Waals surface area contributed by atoms with Gasteiger partial charge < -0.3 is 5.73 Å². The third-order valence-corrected chi connectivity index (χ3v) is 3.09. The smallest absolute Gasteiger partial charge is 0.241 e. The summed E-state index contributed by atoms with van der Waals surface area (Å²) in [4.78, 5) is 23.8. The summed E-state index contributed by atoms with van der Waals surface area (Å²) in [5.74, 6) is -0.292. The first-order valence-electron chi connectivity index (χ1n) is 5.38. The number of hydrogen-bond acceptors (Lipinski definition) is 4. The molecule has 4 N–H and O–H groups in total. The molecule has 1 unspecified atom stereocenters. The highest BCUT2D eigenvalue weighted by Crippen LogP contribution is 2.27. The summed E-state index contributed by atoms with van der Waals surface area (Å²) in [6, 6.07) is 6.12. The third-order valence-electron chi connectivity index (χ3n) is 3.09. The molecule has 5 heteroatoms. The molecular weight excluding hydrogens is 218 g/mol. The maximum atomic E-state index is 12.2. The lowest BCUT2D eigenvalue weighted by molar-refractivity contribution is -0.126. The number of hydrogen-bond donors (Lipinski definition) is 3. The second-order valence-electron chi connectivity index (χ2n) is 4.74. The minimum absolute atomic E-state index is 0.117. The molecule has 1 atom stereocenters. The molecule has 1 saturated heterocycles. The van der Waals surface area contributed by atoms with Gasteiger partial charge in [-0.25, -0.2) is 5.43 Å². The van der Waals surface area contributed by atoms with Crippen LogP contribution in [0.4, 0.5) is 5.69 Å². The van der Waals surface area contributed by atoms with Crippen LogP contribution in [0.15, 0.2) is 24.3 Å². The van der Waals surface area contributed by atoms with Crippen LogP contribution in [-0.4, -0.2) is 17.7 Å². The molecule has 1 heterocycles. The SMILES string of the molecule is CC1(C)C(=O)NNC1C(=O)c1ccc(N)cc1. The number of Topliss-reactive ketones (excluding diaryl/α,β-unsaturated/α-hetero) is 1. The van der Waals surface area contributed by atoms with Crippen LogP contribution in [0.2, 0.25) is 0 Å². The first-order chi connectivity index (χ1) is 7.93. The molecule has 17 heavy (non-hydrogen) atoms. The second kappa shape index (κ2) is 3.85. The second-order valence-corrected chi connectivity index (χ2v) is 4.74. The van der Waals surface area contributed by atoms with Crippen LogP contribution in [0.3, 0.4) is 0 Å². The first kappa shape index (κ1) is 11.6. The van der Waals surface area contributed by atoms with Gasteiger partial charge in [0.1, 0.15) is 6.04 Å². The van der Waals surface area contributed by atoms with E-state index in [4.69, 9.17) is 5.73 Å². The van der Waals surface area contributed by atoms with Crippen LogP contribution >= 0.6 is 0 Å². The monoisotopic (exact) mass is 233 g/mol. The van der Waals surface area contributed by atoms with E-state index in [1.54, 1.807) is 38.1 Å². The van der Waals surface area contributed by atoms with E-state index in [0.29, 0.717) is 11.3 Å². The zero-order chi connectivity index (χ0) is 12.6. The van der Waals surface area contributed by atoms with Crippen LogP contribution in [0.5, 0.6) is 0 Å². The number of ketones is 1.